The number of anilines is 1. The van der Waals surface area contributed by atoms with Crippen LogP contribution in [0.4, 0.5) is 5.88 Å². The van der Waals surface area contributed by atoms with E-state index < -0.39 is 0 Å². The van der Waals surface area contributed by atoms with Gasteiger partial charge >= 0.3 is 0 Å². The van der Waals surface area contributed by atoms with E-state index in [-0.39, 0.29) is 5.88 Å². The van der Waals surface area contributed by atoms with Gasteiger partial charge in [0.25, 0.3) is 0 Å². The first kappa shape index (κ1) is 13.0. The average Bonchev–Trinajstić information content (AvgIpc) is 2.84. The highest BCUT2D eigenvalue weighted by Crippen LogP contribution is 2.38. The summed E-state index contributed by atoms with van der Waals surface area (Å²) in [6, 6.07) is 10.6. The number of hydrogen-bond donors (Lipinski definition) is 1. The van der Waals surface area contributed by atoms with Gasteiger partial charge in [-0.1, -0.05) is 34.4 Å². The van der Waals surface area contributed by atoms with Crippen LogP contribution in [0.1, 0.15) is 0 Å². The molecule has 3 rings (SSSR count). The minimum absolute atomic E-state index is 0.190. The van der Waals surface area contributed by atoms with E-state index in [2.05, 4.69) is 10.1 Å². The van der Waals surface area contributed by atoms with Crippen molar-refractivity contribution in [2.24, 2.45) is 0 Å². The number of hydrogen-bond acceptors (Lipinski definition) is 4. The second-order valence-corrected chi connectivity index (χ2v) is 4.95. The summed E-state index contributed by atoms with van der Waals surface area (Å²) in [6.07, 6.45) is 1.67. The number of rotatable bonds is 2. The van der Waals surface area contributed by atoms with E-state index in [0.29, 0.717) is 32.6 Å². The monoisotopic (exact) mass is 305 g/mol. The molecule has 100 valence electrons. The van der Waals surface area contributed by atoms with Gasteiger partial charge in [-0.2, -0.15) is 0 Å². The zero-order valence-electron chi connectivity index (χ0n) is 10.2. The lowest BCUT2D eigenvalue weighted by Gasteiger charge is -2.04. The predicted molar refractivity (Wildman–Crippen MR) is 79.6 cm³/mol. The molecule has 2 N–H and O–H groups in total. The lowest BCUT2D eigenvalue weighted by atomic mass is 10.0. The number of halogens is 2. The molecule has 3 aromatic rings. The number of nitrogens with zero attached hydrogens (tertiary/aromatic N) is 2. The first-order valence-corrected chi connectivity index (χ1v) is 6.54. The highest BCUT2D eigenvalue weighted by molar-refractivity contribution is 6.35. The fraction of sp³-hybridized carbons (Fsp3) is 0. The molecule has 20 heavy (non-hydrogen) atoms. The Balaban J connectivity index is 2.24. The van der Waals surface area contributed by atoms with Crippen molar-refractivity contribution in [3.8, 4) is 22.5 Å². The Bertz CT molecular complexity index is 756. The van der Waals surface area contributed by atoms with Crippen molar-refractivity contribution in [1.29, 1.82) is 0 Å². The van der Waals surface area contributed by atoms with Crippen LogP contribution in [0.5, 0.6) is 0 Å². The molecule has 0 spiro atoms. The molecule has 0 radical (unpaired) electrons. The largest absolute Gasteiger partial charge is 0.367 e. The van der Waals surface area contributed by atoms with Crippen LogP contribution in [0.15, 0.2) is 47.1 Å². The molecule has 0 amide bonds. The lowest BCUT2D eigenvalue weighted by Crippen LogP contribution is -1.90. The second-order valence-electron chi connectivity index (χ2n) is 4.11. The van der Waals surface area contributed by atoms with Crippen molar-refractivity contribution >= 4 is 29.1 Å². The molecule has 2 aromatic heterocycles. The van der Waals surface area contributed by atoms with Crippen molar-refractivity contribution in [3.05, 3.63) is 52.6 Å². The molecule has 0 atom stereocenters. The van der Waals surface area contributed by atoms with Crippen LogP contribution in [0.25, 0.3) is 22.5 Å². The lowest BCUT2D eigenvalue weighted by molar-refractivity contribution is 0.439. The zero-order chi connectivity index (χ0) is 14.1. The number of aromatic nitrogens is 2. The average molecular weight is 306 g/mol. The first-order valence-electron chi connectivity index (χ1n) is 5.79. The van der Waals surface area contributed by atoms with Gasteiger partial charge in [-0.05, 0) is 30.3 Å². The van der Waals surface area contributed by atoms with Gasteiger partial charge in [0, 0.05) is 16.8 Å². The smallest absolute Gasteiger partial charge is 0.232 e. The van der Waals surface area contributed by atoms with E-state index in [0.717, 1.165) is 0 Å². The molecule has 0 aliphatic heterocycles. The Morgan fingerprint density at radius 3 is 2.70 bits per heavy atom. The predicted octanol–water partition coefficient (Wildman–Crippen LogP) is 4.29. The molecule has 0 saturated heterocycles. The molecular formula is C14H9Cl2N3O. The Hall–Kier alpha value is -2.04. The second kappa shape index (κ2) is 5.15. The normalized spacial score (nSPS) is 10.7. The third kappa shape index (κ3) is 2.24. The summed E-state index contributed by atoms with van der Waals surface area (Å²) in [7, 11) is 0. The molecule has 1 aromatic carbocycles. The highest BCUT2D eigenvalue weighted by Gasteiger charge is 2.20. The van der Waals surface area contributed by atoms with Gasteiger partial charge in [0.05, 0.1) is 16.3 Å². The maximum absolute atomic E-state index is 6.20. The SMILES string of the molecule is Nc1onc(-c2cc(Cl)ccc2Cl)c1-c1ccccn1. The van der Waals surface area contributed by atoms with Gasteiger partial charge in [-0.15, -0.1) is 0 Å². The number of pyridine rings is 1. The van der Waals surface area contributed by atoms with Crippen LogP contribution in [0.3, 0.4) is 0 Å². The van der Waals surface area contributed by atoms with E-state index in [1.54, 1.807) is 24.4 Å². The van der Waals surface area contributed by atoms with Crippen molar-refractivity contribution in [1.82, 2.24) is 10.1 Å². The number of benzene rings is 1. The first-order chi connectivity index (χ1) is 9.66. The summed E-state index contributed by atoms with van der Waals surface area (Å²) in [4.78, 5) is 4.26. The molecule has 0 unspecified atom stereocenters. The van der Waals surface area contributed by atoms with Crippen molar-refractivity contribution in [3.63, 3.8) is 0 Å². The molecule has 4 nitrogen and oxygen atoms in total. The van der Waals surface area contributed by atoms with Crippen LogP contribution in [-0.2, 0) is 0 Å². The van der Waals surface area contributed by atoms with E-state index in [4.69, 9.17) is 33.5 Å². The third-order valence-corrected chi connectivity index (χ3v) is 3.39. The van der Waals surface area contributed by atoms with E-state index in [9.17, 15) is 0 Å². The summed E-state index contributed by atoms with van der Waals surface area (Å²) in [6.45, 7) is 0. The van der Waals surface area contributed by atoms with Crippen LogP contribution in [0, 0.1) is 0 Å². The molecule has 0 fully saturated rings. The van der Waals surface area contributed by atoms with Crippen molar-refractivity contribution in [2.45, 2.75) is 0 Å². The van der Waals surface area contributed by atoms with Crippen molar-refractivity contribution < 1.29 is 4.52 Å². The van der Waals surface area contributed by atoms with Gasteiger partial charge in [-0.25, -0.2) is 0 Å². The Labute approximate surface area is 125 Å². The number of nitrogen functional groups attached to an aromatic ring is 1. The Morgan fingerprint density at radius 1 is 1.10 bits per heavy atom. The van der Waals surface area contributed by atoms with Crippen LogP contribution in [-0.4, -0.2) is 10.1 Å². The fourth-order valence-electron chi connectivity index (χ4n) is 1.92. The third-order valence-electron chi connectivity index (χ3n) is 2.82. The maximum Gasteiger partial charge on any atom is 0.232 e. The Morgan fingerprint density at radius 2 is 1.95 bits per heavy atom. The van der Waals surface area contributed by atoms with Crippen LogP contribution in [0.2, 0.25) is 10.0 Å². The quantitative estimate of drug-likeness (QED) is 0.767. The molecule has 6 heteroatoms. The van der Waals surface area contributed by atoms with Crippen LogP contribution < -0.4 is 5.73 Å². The summed E-state index contributed by atoms with van der Waals surface area (Å²) < 4.78 is 5.09. The zero-order valence-corrected chi connectivity index (χ0v) is 11.7. The molecule has 0 aliphatic rings. The number of nitrogens with two attached hydrogens (primary N) is 1. The molecule has 0 saturated carbocycles. The molecule has 0 aliphatic carbocycles. The highest BCUT2D eigenvalue weighted by atomic mass is 35.5. The van der Waals surface area contributed by atoms with Gasteiger partial charge < -0.3 is 10.3 Å². The molecule has 2 heterocycles. The van der Waals surface area contributed by atoms with E-state index >= 15 is 0 Å². The van der Waals surface area contributed by atoms with Gasteiger partial charge in [0.15, 0.2) is 0 Å². The Kier molecular flexibility index (Phi) is 3.34. The standard InChI is InChI=1S/C14H9Cl2N3O/c15-8-4-5-10(16)9(7-8)13-12(14(17)20-19-13)11-3-1-2-6-18-11/h1-7H,17H2. The summed E-state index contributed by atoms with van der Waals surface area (Å²) in [5, 5.41) is 5.05. The minimum Gasteiger partial charge on any atom is -0.367 e. The van der Waals surface area contributed by atoms with E-state index in [1.165, 1.54) is 0 Å². The van der Waals surface area contributed by atoms with Gasteiger partial charge in [-0.3, -0.25) is 4.98 Å². The van der Waals surface area contributed by atoms with Gasteiger partial charge in [0.1, 0.15) is 5.69 Å². The maximum atomic E-state index is 6.20. The summed E-state index contributed by atoms with van der Waals surface area (Å²) in [5.41, 5.74) is 8.30. The molecule has 0 bridgehead atoms. The van der Waals surface area contributed by atoms with E-state index in [1.807, 2.05) is 18.2 Å². The summed E-state index contributed by atoms with van der Waals surface area (Å²) >= 11 is 12.2. The van der Waals surface area contributed by atoms with Crippen molar-refractivity contribution in [2.75, 3.05) is 5.73 Å². The van der Waals surface area contributed by atoms with Crippen LogP contribution >= 0.6 is 23.2 Å². The summed E-state index contributed by atoms with van der Waals surface area (Å²) in [5.74, 6) is 0.190. The van der Waals surface area contributed by atoms with Gasteiger partial charge in [0.2, 0.25) is 5.88 Å². The fourth-order valence-corrected chi connectivity index (χ4v) is 2.30. The topological polar surface area (TPSA) is 64.9 Å². The minimum atomic E-state index is 0.190. The molecular weight excluding hydrogens is 297 g/mol.